The third-order valence-corrected chi connectivity index (χ3v) is 6.18. The molecule has 0 aliphatic carbocycles. The van der Waals surface area contributed by atoms with Crippen molar-refractivity contribution in [3.05, 3.63) is 87.9 Å². The van der Waals surface area contributed by atoms with Crippen molar-refractivity contribution in [1.29, 1.82) is 0 Å². The van der Waals surface area contributed by atoms with Gasteiger partial charge in [-0.25, -0.2) is 9.59 Å². The summed E-state index contributed by atoms with van der Waals surface area (Å²) in [6, 6.07) is 19.4. The first-order valence-electron chi connectivity index (χ1n) is 12.9. The predicted octanol–water partition coefficient (Wildman–Crippen LogP) is 6.68. The molecule has 0 spiro atoms. The Balaban J connectivity index is 1.55. The van der Waals surface area contributed by atoms with Gasteiger partial charge in [-0.05, 0) is 73.9 Å². The molecule has 8 nitrogen and oxygen atoms in total. The van der Waals surface area contributed by atoms with Crippen LogP contribution in [0.2, 0.25) is 10.0 Å². The Morgan fingerprint density at radius 1 is 0.875 bits per heavy atom. The summed E-state index contributed by atoms with van der Waals surface area (Å²) in [5, 5.41) is 10.2. The van der Waals surface area contributed by atoms with E-state index in [1.165, 1.54) is 0 Å². The Hall–Kier alpha value is -3.46. The number of aliphatic carboxylic acids is 1. The van der Waals surface area contributed by atoms with E-state index in [-0.39, 0.29) is 19.6 Å². The van der Waals surface area contributed by atoms with Crippen molar-refractivity contribution in [1.82, 2.24) is 4.90 Å². The van der Waals surface area contributed by atoms with E-state index in [1.807, 2.05) is 19.1 Å². The molecule has 10 heteroatoms. The molecule has 0 aromatic heterocycles. The molecule has 1 atom stereocenters. The smallest absolute Gasteiger partial charge is 0.415 e. The zero-order valence-corrected chi connectivity index (χ0v) is 24.0. The summed E-state index contributed by atoms with van der Waals surface area (Å²) in [5.74, 6) is 0.610. The van der Waals surface area contributed by atoms with Gasteiger partial charge in [0.25, 0.3) is 0 Å². The van der Waals surface area contributed by atoms with Crippen molar-refractivity contribution in [3.63, 3.8) is 0 Å². The van der Waals surface area contributed by atoms with E-state index < -0.39 is 18.2 Å². The monoisotopic (exact) mass is 589 g/mol. The number of carboxylic acids is 1. The molecule has 0 radical (unpaired) electrons. The number of carbonyl (C=O) groups is 2. The number of hydrogen-bond donors (Lipinski definition) is 1. The summed E-state index contributed by atoms with van der Waals surface area (Å²) in [6.07, 6.45) is -0.603. The Morgan fingerprint density at radius 3 is 2.23 bits per heavy atom. The predicted molar refractivity (Wildman–Crippen MR) is 154 cm³/mol. The number of amides is 1. The quantitative estimate of drug-likeness (QED) is 0.197. The van der Waals surface area contributed by atoms with Gasteiger partial charge in [0.15, 0.2) is 6.10 Å². The van der Waals surface area contributed by atoms with Crippen LogP contribution < -0.4 is 14.2 Å². The molecule has 0 aliphatic heterocycles. The van der Waals surface area contributed by atoms with E-state index in [2.05, 4.69) is 0 Å². The standard InChI is InChI=1S/C30H33Cl2NO7/c1-3-37-28(29(34)35)17-22-8-10-25(11-9-22)39-15-13-33(30(36)40-26-7-4-6-21(2)16-26)12-5-14-38-27-19-23(31)18-24(32)20-27/h4,6-11,16,18-20,28H,3,5,12-15,17H2,1-2H3,(H,34,35). The van der Waals surface area contributed by atoms with E-state index in [9.17, 15) is 14.7 Å². The number of rotatable bonds is 15. The lowest BCUT2D eigenvalue weighted by Crippen LogP contribution is -2.38. The molecule has 214 valence electrons. The fourth-order valence-corrected chi connectivity index (χ4v) is 4.33. The van der Waals surface area contributed by atoms with Crippen LogP contribution in [0.5, 0.6) is 17.2 Å². The van der Waals surface area contributed by atoms with Crippen LogP contribution in [0.15, 0.2) is 66.7 Å². The zero-order chi connectivity index (χ0) is 28.9. The summed E-state index contributed by atoms with van der Waals surface area (Å²) in [7, 11) is 0. The lowest BCUT2D eigenvalue weighted by atomic mass is 10.1. The first-order valence-corrected chi connectivity index (χ1v) is 13.7. The van der Waals surface area contributed by atoms with Crippen LogP contribution >= 0.6 is 23.2 Å². The van der Waals surface area contributed by atoms with Crippen molar-refractivity contribution in [3.8, 4) is 17.2 Å². The average Bonchev–Trinajstić information content (AvgIpc) is 2.90. The van der Waals surface area contributed by atoms with Crippen LogP contribution in [0, 0.1) is 6.92 Å². The van der Waals surface area contributed by atoms with Crippen LogP contribution in [-0.2, 0) is 16.0 Å². The van der Waals surface area contributed by atoms with Crippen LogP contribution in [-0.4, -0.2) is 61.1 Å². The second-order valence-corrected chi connectivity index (χ2v) is 9.83. The minimum absolute atomic E-state index is 0.226. The normalized spacial score (nSPS) is 11.5. The van der Waals surface area contributed by atoms with Gasteiger partial charge in [0.05, 0.1) is 13.2 Å². The summed E-state index contributed by atoms with van der Waals surface area (Å²) in [6.45, 7) is 5.22. The Morgan fingerprint density at radius 2 is 1.57 bits per heavy atom. The molecule has 1 N–H and O–H groups in total. The van der Waals surface area contributed by atoms with Crippen molar-refractivity contribution in [2.24, 2.45) is 0 Å². The number of carbonyl (C=O) groups excluding carboxylic acids is 1. The topological polar surface area (TPSA) is 94.5 Å². The number of halogens is 2. The zero-order valence-electron chi connectivity index (χ0n) is 22.5. The molecule has 40 heavy (non-hydrogen) atoms. The molecule has 3 aromatic carbocycles. The van der Waals surface area contributed by atoms with Crippen molar-refractivity contribution in [2.45, 2.75) is 32.8 Å². The first-order chi connectivity index (χ1) is 19.2. The lowest BCUT2D eigenvalue weighted by Gasteiger charge is -2.22. The second kappa shape index (κ2) is 16.0. The molecule has 0 aliphatic rings. The van der Waals surface area contributed by atoms with E-state index in [0.717, 1.165) is 11.1 Å². The first kappa shape index (κ1) is 31.1. The molecule has 0 saturated carbocycles. The number of hydrogen-bond acceptors (Lipinski definition) is 6. The molecular weight excluding hydrogens is 557 g/mol. The molecule has 3 rings (SSSR count). The minimum Gasteiger partial charge on any atom is -0.493 e. The molecular formula is C30H33Cl2NO7. The van der Waals surface area contributed by atoms with Gasteiger partial charge in [0, 0.05) is 29.6 Å². The average molecular weight is 591 g/mol. The maximum absolute atomic E-state index is 13.0. The second-order valence-electron chi connectivity index (χ2n) is 8.96. The lowest BCUT2D eigenvalue weighted by molar-refractivity contribution is -0.149. The minimum atomic E-state index is -0.999. The third kappa shape index (κ3) is 10.6. The number of ether oxygens (including phenoxy) is 4. The Bertz CT molecular complexity index is 1230. The highest BCUT2D eigenvalue weighted by atomic mass is 35.5. The highest BCUT2D eigenvalue weighted by Crippen LogP contribution is 2.24. The SMILES string of the molecule is CCOC(Cc1ccc(OCCN(CCCOc2cc(Cl)cc(Cl)c2)C(=O)Oc2cccc(C)c2)cc1)C(=O)O. The molecule has 0 bridgehead atoms. The summed E-state index contributed by atoms with van der Waals surface area (Å²) < 4.78 is 22.5. The van der Waals surface area contributed by atoms with Crippen LogP contribution in [0.25, 0.3) is 0 Å². The highest BCUT2D eigenvalue weighted by Gasteiger charge is 2.18. The van der Waals surface area contributed by atoms with Crippen molar-refractivity contribution in [2.75, 3.05) is 32.9 Å². The molecule has 0 fully saturated rings. The van der Waals surface area contributed by atoms with E-state index >= 15 is 0 Å². The van der Waals surface area contributed by atoms with Gasteiger partial charge in [0.2, 0.25) is 0 Å². The number of nitrogens with zero attached hydrogens (tertiary/aromatic N) is 1. The molecule has 3 aromatic rings. The van der Waals surface area contributed by atoms with Crippen molar-refractivity contribution < 1.29 is 33.6 Å². The molecule has 0 saturated heterocycles. The number of benzene rings is 3. The van der Waals surface area contributed by atoms with Gasteiger partial charge in [-0.2, -0.15) is 0 Å². The molecule has 1 unspecified atom stereocenters. The summed E-state index contributed by atoms with van der Waals surface area (Å²) in [5.41, 5.74) is 1.80. The number of carboxylic acid groups (broad SMARTS) is 1. The van der Waals surface area contributed by atoms with Crippen LogP contribution in [0.4, 0.5) is 4.79 Å². The van der Waals surface area contributed by atoms with E-state index in [4.69, 9.17) is 42.1 Å². The maximum atomic E-state index is 13.0. The fraction of sp³-hybridized carbons (Fsp3) is 0.333. The van der Waals surface area contributed by atoms with Gasteiger partial charge < -0.3 is 29.0 Å². The Kier molecular flexibility index (Phi) is 12.4. The summed E-state index contributed by atoms with van der Waals surface area (Å²) in [4.78, 5) is 25.9. The van der Waals surface area contributed by atoms with E-state index in [0.29, 0.717) is 53.5 Å². The molecule has 0 heterocycles. The fourth-order valence-electron chi connectivity index (χ4n) is 3.82. The number of aryl methyl sites for hydroxylation is 1. The highest BCUT2D eigenvalue weighted by molar-refractivity contribution is 6.34. The van der Waals surface area contributed by atoms with Gasteiger partial charge in [-0.15, -0.1) is 0 Å². The Labute approximate surface area is 244 Å². The van der Waals surface area contributed by atoms with Gasteiger partial charge in [-0.3, -0.25) is 0 Å². The van der Waals surface area contributed by atoms with Crippen LogP contribution in [0.1, 0.15) is 24.5 Å². The van der Waals surface area contributed by atoms with Gasteiger partial charge in [0.1, 0.15) is 23.9 Å². The van der Waals surface area contributed by atoms with Crippen LogP contribution in [0.3, 0.4) is 0 Å². The van der Waals surface area contributed by atoms with Crippen molar-refractivity contribution >= 4 is 35.3 Å². The summed E-state index contributed by atoms with van der Waals surface area (Å²) >= 11 is 12.1. The third-order valence-electron chi connectivity index (χ3n) is 5.75. The largest absolute Gasteiger partial charge is 0.493 e. The van der Waals surface area contributed by atoms with E-state index in [1.54, 1.807) is 66.4 Å². The molecule has 1 amide bonds. The van der Waals surface area contributed by atoms with Gasteiger partial charge >= 0.3 is 12.1 Å². The maximum Gasteiger partial charge on any atom is 0.415 e. The van der Waals surface area contributed by atoms with Gasteiger partial charge in [-0.1, -0.05) is 47.5 Å².